The molecule has 0 bridgehead atoms. The van der Waals surface area contributed by atoms with E-state index < -0.39 is 0 Å². The summed E-state index contributed by atoms with van der Waals surface area (Å²) in [4.78, 5) is 2.40. The van der Waals surface area contributed by atoms with Crippen LogP contribution in [-0.2, 0) is 0 Å². The maximum absolute atomic E-state index is 5.82. The van der Waals surface area contributed by atoms with Crippen molar-refractivity contribution < 1.29 is 0 Å². The highest BCUT2D eigenvalue weighted by Gasteiger charge is 2.27. The number of fused-ring (bicyclic) bond motifs is 1. The average molecular weight is 208 g/mol. The largest absolute Gasteiger partial charge is 0.398 e. The van der Waals surface area contributed by atoms with E-state index >= 15 is 0 Å². The number of hydrogen-bond donors (Lipinski definition) is 2. The lowest BCUT2D eigenvalue weighted by Gasteiger charge is -2.23. The molecule has 0 aromatic heterocycles. The number of likely N-dealkylation sites (tertiary alicyclic amines) is 1. The molecule has 1 aliphatic heterocycles. The van der Waals surface area contributed by atoms with Gasteiger partial charge in [0.2, 0.25) is 0 Å². The first-order valence-corrected chi connectivity index (χ1v) is 5.45. The molecule has 1 saturated heterocycles. The van der Waals surface area contributed by atoms with E-state index in [1.807, 2.05) is 0 Å². The Morgan fingerprint density at radius 1 is 1.71 bits per heavy atom. The van der Waals surface area contributed by atoms with Gasteiger partial charge in [-0.15, -0.1) is 12.6 Å². The molecule has 2 aliphatic rings. The van der Waals surface area contributed by atoms with Gasteiger partial charge in [0.25, 0.3) is 0 Å². The van der Waals surface area contributed by atoms with Crippen LogP contribution in [0.15, 0.2) is 34.4 Å². The van der Waals surface area contributed by atoms with Crippen molar-refractivity contribution in [3.8, 4) is 0 Å². The normalized spacial score (nSPS) is 28.4. The molecule has 0 amide bonds. The molecule has 1 aliphatic carbocycles. The van der Waals surface area contributed by atoms with Crippen molar-refractivity contribution in [2.75, 3.05) is 13.6 Å². The highest BCUT2D eigenvalue weighted by atomic mass is 32.1. The first-order chi connectivity index (χ1) is 6.72. The quantitative estimate of drug-likeness (QED) is 0.642. The number of hydrogen-bond acceptors (Lipinski definition) is 3. The predicted molar refractivity (Wildman–Crippen MR) is 63.1 cm³/mol. The summed E-state index contributed by atoms with van der Waals surface area (Å²) in [5.41, 5.74) is 9.25. The van der Waals surface area contributed by atoms with Gasteiger partial charge in [0.05, 0.1) is 0 Å². The zero-order valence-electron chi connectivity index (χ0n) is 8.40. The first kappa shape index (κ1) is 9.87. The Labute approximate surface area is 90.6 Å². The molecular weight excluding hydrogens is 192 g/mol. The molecular formula is C11H16N2S. The van der Waals surface area contributed by atoms with Crippen LogP contribution in [0.2, 0.25) is 0 Å². The summed E-state index contributed by atoms with van der Waals surface area (Å²) >= 11 is 4.07. The van der Waals surface area contributed by atoms with Crippen molar-refractivity contribution in [3.63, 3.8) is 0 Å². The third-order valence-corrected chi connectivity index (χ3v) is 3.37. The van der Waals surface area contributed by atoms with Crippen LogP contribution < -0.4 is 5.73 Å². The molecule has 1 fully saturated rings. The number of allylic oxidation sites excluding steroid dienone is 1. The second-order valence-corrected chi connectivity index (χ2v) is 4.20. The fourth-order valence-corrected chi connectivity index (χ4v) is 2.33. The lowest BCUT2D eigenvalue weighted by molar-refractivity contribution is 0.330. The van der Waals surface area contributed by atoms with E-state index in [1.165, 1.54) is 18.5 Å². The monoisotopic (exact) mass is 208 g/mol. The fourth-order valence-electron chi connectivity index (χ4n) is 2.18. The highest BCUT2D eigenvalue weighted by molar-refractivity contribution is 7.83. The van der Waals surface area contributed by atoms with Crippen LogP contribution in [0.5, 0.6) is 0 Å². The molecule has 0 aromatic carbocycles. The van der Waals surface area contributed by atoms with E-state index in [1.54, 1.807) is 5.41 Å². The molecule has 76 valence electrons. The number of thiol groups is 1. The van der Waals surface area contributed by atoms with Gasteiger partial charge in [-0.05, 0) is 30.9 Å². The van der Waals surface area contributed by atoms with Crippen LogP contribution in [-0.4, -0.2) is 24.5 Å². The maximum atomic E-state index is 5.82. The Morgan fingerprint density at radius 2 is 2.50 bits per heavy atom. The molecule has 1 unspecified atom stereocenters. The van der Waals surface area contributed by atoms with Gasteiger partial charge in [-0.2, -0.15) is 0 Å². The summed E-state index contributed by atoms with van der Waals surface area (Å²) in [7, 11) is 2.18. The van der Waals surface area contributed by atoms with Gasteiger partial charge in [-0.1, -0.05) is 17.7 Å². The SMILES string of the molecule is CN1CCC2=CC(/C(N)=C/S)=CCC21. The molecule has 0 radical (unpaired) electrons. The van der Waals surface area contributed by atoms with E-state index in [0.717, 1.165) is 17.7 Å². The smallest absolute Gasteiger partial charge is 0.0445 e. The summed E-state index contributed by atoms with van der Waals surface area (Å²) in [5.74, 6) is 0. The van der Waals surface area contributed by atoms with E-state index in [9.17, 15) is 0 Å². The van der Waals surface area contributed by atoms with Crippen LogP contribution in [0.1, 0.15) is 12.8 Å². The minimum atomic E-state index is 0.617. The lowest BCUT2D eigenvalue weighted by Crippen LogP contribution is -2.26. The van der Waals surface area contributed by atoms with Crippen LogP contribution in [0.25, 0.3) is 0 Å². The molecule has 2 rings (SSSR count). The first-order valence-electron chi connectivity index (χ1n) is 4.93. The van der Waals surface area contributed by atoms with E-state index in [-0.39, 0.29) is 0 Å². The molecule has 0 spiro atoms. The fraction of sp³-hybridized carbons (Fsp3) is 0.455. The van der Waals surface area contributed by atoms with E-state index in [0.29, 0.717) is 6.04 Å². The number of rotatable bonds is 1. The number of nitrogens with zero attached hydrogens (tertiary/aromatic N) is 1. The molecule has 0 saturated carbocycles. The third-order valence-electron chi connectivity index (χ3n) is 3.09. The second-order valence-electron chi connectivity index (χ2n) is 3.95. The standard InChI is InChI=1S/C11H16N2S/c1-13-5-4-9-6-8(10(12)7-14)2-3-11(9)13/h2,6-7,11,14H,3-5,12H2,1H3/b10-7-. The van der Waals surface area contributed by atoms with E-state index in [2.05, 4.69) is 36.7 Å². The van der Waals surface area contributed by atoms with E-state index in [4.69, 9.17) is 5.73 Å². The minimum absolute atomic E-state index is 0.617. The minimum Gasteiger partial charge on any atom is -0.398 e. The summed E-state index contributed by atoms with van der Waals surface area (Å²) in [6, 6.07) is 0.617. The Bertz CT molecular complexity index is 328. The third kappa shape index (κ3) is 1.62. The van der Waals surface area contributed by atoms with Crippen molar-refractivity contribution in [2.24, 2.45) is 5.73 Å². The summed E-state index contributed by atoms with van der Waals surface area (Å²) in [5, 5.41) is 1.67. The Hall–Kier alpha value is -0.670. The molecule has 0 aromatic rings. The lowest BCUT2D eigenvalue weighted by atomic mass is 9.94. The summed E-state index contributed by atoms with van der Waals surface area (Å²) < 4.78 is 0. The van der Waals surface area contributed by atoms with Crippen molar-refractivity contribution in [3.05, 3.63) is 34.4 Å². The summed E-state index contributed by atoms with van der Waals surface area (Å²) in [6.45, 7) is 1.17. The maximum Gasteiger partial charge on any atom is 0.0445 e. The van der Waals surface area contributed by atoms with Gasteiger partial charge in [0.15, 0.2) is 0 Å². The zero-order valence-corrected chi connectivity index (χ0v) is 9.30. The van der Waals surface area contributed by atoms with Gasteiger partial charge in [0.1, 0.15) is 0 Å². The van der Waals surface area contributed by atoms with Crippen LogP contribution in [0.4, 0.5) is 0 Å². The van der Waals surface area contributed by atoms with Crippen molar-refractivity contribution in [1.29, 1.82) is 0 Å². The van der Waals surface area contributed by atoms with Crippen LogP contribution in [0, 0.1) is 0 Å². The van der Waals surface area contributed by atoms with Crippen LogP contribution >= 0.6 is 12.6 Å². The zero-order chi connectivity index (χ0) is 10.1. The van der Waals surface area contributed by atoms with Crippen LogP contribution in [0.3, 0.4) is 0 Å². The summed E-state index contributed by atoms with van der Waals surface area (Å²) in [6.07, 6.45) is 6.69. The van der Waals surface area contributed by atoms with Crippen molar-refractivity contribution in [2.45, 2.75) is 18.9 Å². The Morgan fingerprint density at radius 3 is 3.21 bits per heavy atom. The molecule has 2 N–H and O–H groups in total. The van der Waals surface area contributed by atoms with Crippen molar-refractivity contribution in [1.82, 2.24) is 4.90 Å². The van der Waals surface area contributed by atoms with Crippen molar-refractivity contribution >= 4 is 12.6 Å². The topological polar surface area (TPSA) is 29.3 Å². The Balaban J connectivity index is 2.22. The van der Waals surface area contributed by atoms with Gasteiger partial charge in [-0.25, -0.2) is 0 Å². The molecule has 14 heavy (non-hydrogen) atoms. The van der Waals surface area contributed by atoms with Gasteiger partial charge >= 0.3 is 0 Å². The van der Waals surface area contributed by atoms with Gasteiger partial charge in [-0.3, -0.25) is 4.90 Å². The molecule has 1 atom stereocenters. The molecule has 2 nitrogen and oxygen atoms in total. The molecule has 3 heteroatoms. The average Bonchev–Trinajstić information content (AvgIpc) is 2.59. The number of likely N-dealkylation sites (N-methyl/N-ethyl adjacent to an activating group) is 1. The van der Waals surface area contributed by atoms with Gasteiger partial charge in [0, 0.05) is 18.3 Å². The Kier molecular flexibility index (Phi) is 2.70. The molecule has 1 heterocycles. The highest BCUT2D eigenvalue weighted by Crippen LogP contribution is 2.31. The second kappa shape index (κ2) is 3.83. The van der Waals surface area contributed by atoms with Gasteiger partial charge < -0.3 is 5.73 Å². The predicted octanol–water partition coefficient (Wildman–Crippen LogP) is 1.68. The number of nitrogens with two attached hydrogens (primary N) is 1.